The van der Waals surface area contributed by atoms with Gasteiger partial charge in [-0.2, -0.15) is 0 Å². The van der Waals surface area contributed by atoms with E-state index in [1.165, 1.54) is 5.56 Å². The van der Waals surface area contributed by atoms with Crippen LogP contribution < -0.4 is 5.32 Å². The highest BCUT2D eigenvalue weighted by Gasteiger charge is 2.39. The number of nitrogens with one attached hydrogen (secondary N) is 1. The average Bonchev–Trinajstić information content (AvgIpc) is 3.09. The van der Waals surface area contributed by atoms with Crippen LogP contribution in [0.5, 0.6) is 0 Å². The van der Waals surface area contributed by atoms with Crippen LogP contribution in [0.3, 0.4) is 0 Å². The van der Waals surface area contributed by atoms with Crippen molar-refractivity contribution in [2.24, 2.45) is 0 Å². The van der Waals surface area contributed by atoms with Gasteiger partial charge in [0.05, 0.1) is 6.04 Å². The van der Waals surface area contributed by atoms with E-state index in [0.29, 0.717) is 5.91 Å². The molecule has 2 aliphatic heterocycles. The van der Waals surface area contributed by atoms with Gasteiger partial charge in [-0.25, -0.2) is 0 Å². The van der Waals surface area contributed by atoms with Gasteiger partial charge < -0.3 is 10.2 Å². The van der Waals surface area contributed by atoms with Crippen molar-refractivity contribution in [2.45, 2.75) is 37.6 Å². The molecule has 3 nitrogen and oxygen atoms in total. The van der Waals surface area contributed by atoms with Crippen molar-refractivity contribution in [1.29, 1.82) is 0 Å². The van der Waals surface area contributed by atoms with Crippen molar-refractivity contribution >= 4 is 18.3 Å². The van der Waals surface area contributed by atoms with Crippen molar-refractivity contribution in [2.75, 3.05) is 19.6 Å². The van der Waals surface area contributed by atoms with Gasteiger partial charge in [-0.05, 0) is 31.4 Å². The van der Waals surface area contributed by atoms with Crippen molar-refractivity contribution in [3.63, 3.8) is 0 Å². The second-order valence-corrected chi connectivity index (χ2v) is 6.09. The fraction of sp³-hybridized carbons (Fsp3) is 0.562. The zero-order valence-electron chi connectivity index (χ0n) is 12.0. The largest absolute Gasteiger partial charge is 0.340 e. The number of amides is 1. The SMILES string of the molecule is CC1(c2ccccc2)CCN(C(=O)C2CCCN2)C1.Cl. The van der Waals surface area contributed by atoms with Crippen LogP contribution in [0.15, 0.2) is 30.3 Å². The topological polar surface area (TPSA) is 32.3 Å². The Morgan fingerprint density at radius 1 is 1.35 bits per heavy atom. The zero-order valence-corrected chi connectivity index (χ0v) is 12.8. The summed E-state index contributed by atoms with van der Waals surface area (Å²) in [5.74, 6) is 0.303. The molecule has 0 bridgehead atoms. The highest BCUT2D eigenvalue weighted by molar-refractivity contribution is 5.85. The van der Waals surface area contributed by atoms with E-state index in [0.717, 1.165) is 38.9 Å². The molecule has 1 amide bonds. The van der Waals surface area contributed by atoms with Crippen molar-refractivity contribution in [3.05, 3.63) is 35.9 Å². The predicted molar refractivity (Wildman–Crippen MR) is 83.3 cm³/mol. The smallest absolute Gasteiger partial charge is 0.239 e. The number of rotatable bonds is 2. The van der Waals surface area contributed by atoms with Crippen LogP contribution in [0.4, 0.5) is 0 Å². The maximum absolute atomic E-state index is 12.4. The zero-order chi connectivity index (χ0) is 13.3. The van der Waals surface area contributed by atoms with Crippen LogP contribution in [0, 0.1) is 0 Å². The van der Waals surface area contributed by atoms with Crippen molar-refractivity contribution in [3.8, 4) is 0 Å². The molecule has 2 unspecified atom stereocenters. The highest BCUT2D eigenvalue weighted by Crippen LogP contribution is 2.34. The Bertz CT molecular complexity index is 459. The maximum Gasteiger partial charge on any atom is 0.239 e. The highest BCUT2D eigenvalue weighted by atomic mass is 35.5. The number of benzene rings is 1. The molecule has 4 heteroatoms. The summed E-state index contributed by atoms with van der Waals surface area (Å²) >= 11 is 0. The van der Waals surface area contributed by atoms with E-state index in [4.69, 9.17) is 0 Å². The van der Waals surface area contributed by atoms with Gasteiger partial charge in [-0.1, -0.05) is 37.3 Å². The van der Waals surface area contributed by atoms with Crippen LogP contribution in [-0.2, 0) is 10.2 Å². The van der Waals surface area contributed by atoms with Crippen LogP contribution in [0.1, 0.15) is 31.7 Å². The van der Waals surface area contributed by atoms with E-state index in [2.05, 4.69) is 41.4 Å². The molecule has 1 N–H and O–H groups in total. The molecule has 0 spiro atoms. The molecule has 2 saturated heterocycles. The van der Waals surface area contributed by atoms with E-state index >= 15 is 0 Å². The summed E-state index contributed by atoms with van der Waals surface area (Å²) in [7, 11) is 0. The van der Waals surface area contributed by atoms with Gasteiger partial charge in [-0.15, -0.1) is 12.4 Å². The molecule has 3 rings (SSSR count). The van der Waals surface area contributed by atoms with E-state index < -0.39 is 0 Å². The number of halogens is 1. The molecule has 2 fully saturated rings. The summed E-state index contributed by atoms with van der Waals surface area (Å²) < 4.78 is 0. The molecule has 0 aromatic heterocycles. The lowest BCUT2D eigenvalue weighted by atomic mass is 9.82. The average molecular weight is 295 g/mol. The number of likely N-dealkylation sites (tertiary alicyclic amines) is 1. The second kappa shape index (κ2) is 6.15. The molecule has 2 aliphatic rings. The van der Waals surface area contributed by atoms with E-state index in [-0.39, 0.29) is 23.9 Å². The third-order valence-corrected chi connectivity index (χ3v) is 4.61. The summed E-state index contributed by atoms with van der Waals surface area (Å²) in [6.07, 6.45) is 3.19. The summed E-state index contributed by atoms with van der Waals surface area (Å²) in [6, 6.07) is 10.7. The van der Waals surface area contributed by atoms with E-state index in [1.54, 1.807) is 0 Å². The Kier molecular flexibility index (Phi) is 4.71. The van der Waals surface area contributed by atoms with E-state index in [9.17, 15) is 4.79 Å². The summed E-state index contributed by atoms with van der Waals surface area (Å²) in [5, 5.41) is 3.31. The van der Waals surface area contributed by atoms with Gasteiger partial charge in [0.1, 0.15) is 0 Å². The van der Waals surface area contributed by atoms with Crippen LogP contribution in [0.2, 0.25) is 0 Å². The molecule has 0 aliphatic carbocycles. The van der Waals surface area contributed by atoms with Gasteiger partial charge >= 0.3 is 0 Å². The lowest BCUT2D eigenvalue weighted by molar-refractivity contribution is -0.132. The molecule has 2 heterocycles. The molecule has 20 heavy (non-hydrogen) atoms. The molecule has 1 aromatic rings. The number of hydrogen-bond donors (Lipinski definition) is 1. The monoisotopic (exact) mass is 294 g/mol. The van der Waals surface area contributed by atoms with Gasteiger partial charge in [0, 0.05) is 18.5 Å². The lowest BCUT2D eigenvalue weighted by Crippen LogP contribution is -2.43. The summed E-state index contributed by atoms with van der Waals surface area (Å²) in [5.41, 5.74) is 1.47. The second-order valence-electron chi connectivity index (χ2n) is 6.09. The summed E-state index contributed by atoms with van der Waals surface area (Å²) in [6.45, 7) is 5.01. The Morgan fingerprint density at radius 3 is 2.75 bits per heavy atom. The first kappa shape index (κ1) is 15.3. The minimum Gasteiger partial charge on any atom is -0.340 e. The Morgan fingerprint density at radius 2 is 2.10 bits per heavy atom. The normalized spacial score (nSPS) is 29.2. The molecular formula is C16H23ClN2O. The molecule has 0 radical (unpaired) electrons. The van der Waals surface area contributed by atoms with Gasteiger partial charge in [0.2, 0.25) is 5.91 Å². The Balaban J connectivity index is 0.00000147. The first-order chi connectivity index (χ1) is 9.19. The molecule has 110 valence electrons. The van der Waals surface area contributed by atoms with Crippen molar-refractivity contribution in [1.82, 2.24) is 10.2 Å². The number of carbonyl (C=O) groups excluding carboxylic acids is 1. The standard InChI is InChI=1S/C16H22N2O.ClH/c1-16(13-6-3-2-4-7-13)9-11-18(12-16)15(19)14-8-5-10-17-14;/h2-4,6-7,14,17H,5,8-12H2,1H3;1H. The number of carbonyl (C=O) groups is 1. The molecular weight excluding hydrogens is 272 g/mol. The third kappa shape index (κ3) is 2.84. The fourth-order valence-electron chi connectivity index (χ4n) is 3.34. The van der Waals surface area contributed by atoms with Gasteiger partial charge in [-0.3, -0.25) is 4.79 Å². The van der Waals surface area contributed by atoms with Gasteiger partial charge in [0.15, 0.2) is 0 Å². The number of hydrogen-bond acceptors (Lipinski definition) is 2. The minimum absolute atomic E-state index is 0. The van der Waals surface area contributed by atoms with Crippen LogP contribution in [0.25, 0.3) is 0 Å². The van der Waals surface area contributed by atoms with Crippen molar-refractivity contribution < 1.29 is 4.79 Å². The van der Waals surface area contributed by atoms with Gasteiger partial charge in [0.25, 0.3) is 0 Å². The van der Waals surface area contributed by atoms with Crippen LogP contribution >= 0.6 is 12.4 Å². The first-order valence-electron chi connectivity index (χ1n) is 7.27. The minimum atomic E-state index is 0. The number of nitrogens with zero attached hydrogens (tertiary/aromatic N) is 1. The molecule has 0 saturated carbocycles. The quantitative estimate of drug-likeness (QED) is 0.908. The predicted octanol–water partition coefficient (Wildman–Crippen LogP) is 2.35. The van der Waals surface area contributed by atoms with Crippen LogP contribution in [-0.4, -0.2) is 36.5 Å². The molecule has 2 atom stereocenters. The lowest BCUT2D eigenvalue weighted by Gasteiger charge is -2.26. The molecule has 1 aromatic carbocycles. The Hall–Kier alpha value is -1.06. The maximum atomic E-state index is 12.4. The van der Waals surface area contributed by atoms with E-state index in [1.807, 2.05) is 6.07 Å². The fourth-order valence-corrected chi connectivity index (χ4v) is 3.34. The summed E-state index contributed by atoms with van der Waals surface area (Å²) in [4.78, 5) is 14.5. The Labute approximate surface area is 127 Å². The third-order valence-electron chi connectivity index (χ3n) is 4.61. The first-order valence-corrected chi connectivity index (χ1v) is 7.27.